The first kappa shape index (κ1) is 15.9. The lowest BCUT2D eigenvalue weighted by atomic mass is 10.2. The second kappa shape index (κ2) is 8.85. The van der Waals surface area contributed by atoms with Crippen molar-refractivity contribution in [1.82, 2.24) is 0 Å². The van der Waals surface area contributed by atoms with Gasteiger partial charge in [0.15, 0.2) is 0 Å². The highest BCUT2D eigenvalue weighted by molar-refractivity contribution is 5.50. The van der Waals surface area contributed by atoms with E-state index in [1.54, 1.807) is 6.07 Å². The summed E-state index contributed by atoms with van der Waals surface area (Å²) < 4.78 is 23.3. The van der Waals surface area contributed by atoms with Gasteiger partial charge in [0.2, 0.25) is 0 Å². The molecule has 0 aliphatic carbocycles. The van der Waals surface area contributed by atoms with Crippen LogP contribution in [0.1, 0.15) is 12.5 Å². The van der Waals surface area contributed by atoms with Crippen molar-refractivity contribution >= 4 is 5.69 Å². The minimum atomic E-state index is -0.605. The minimum Gasteiger partial charge on any atom is -0.389 e. The van der Waals surface area contributed by atoms with Crippen molar-refractivity contribution in [2.24, 2.45) is 0 Å². The zero-order valence-electron chi connectivity index (χ0n) is 11.5. The quantitative estimate of drug-likeness (QED) is 0.674. The molecule has 0 bridgehead atoms. The highest BCUT2D eigenvalue weighted by Gasteiger charge is 2.05. The molecule has 0 radical (unpaired) electrons. The van der Waals surface area contributed by atoms with Crippen LogP contribution in [0.5, 0.6) is 0 Å². The molecule has 1 aromatic carbocycles. The largest absolute Gasteiger partial charge is 0.389 e. The van der Waals surface area contributed by atoms with E-state index in [0.29, 0.717) is 26.4 Å². The van der Waals surface area contributed by atoms with E-state index in [1.807, 2.05) is 13.8 Å². The number of halogens is 1. The summed E-state index contributed by atoms with van der Waals surface area (Å²) in [4.78, 5) is 0. The van der Waals surface area contributed by atoms with Crippen molar-refractivity contribution in [2.75, 3.05) is 38.3 Å². The Morgan fingerprint density at radius 2 is 2.05 bits per heavy atom. The van der Waals surface area contributed by atoms with Crippen LogP contribution in [0.3, 0.4) is 0 Å². The van der Waals surface area contributed by atoms with E-state index in [4.69, 9.17) is 9.47 Å². The van der Waals surface area contributed by atoms with Crippen molar-refractivity contribution in [1.29, 1.82) is 0 Å². The number of ether oxygens (including phenoxy) is 2. The van der Waals surface area contributed by atoms with Gasteiger partial charge in [0.25, 0.3) is 0 Å². The highest BCUT2D eigenvalue weighted by atomic mass is 19.1. The average molecular weight is 271 g/mol. The van der Waals surface area contributed by atoms with E-state index in [-0.39, 0.29) is 12.4 Å². The van der Waals surface area contributed by atoms with Crippen molar-refractivity contribution in [3.8, 4) is 0 Å². The van der Waals surface area contributed by atoms with E-state index < -0.39 is 6.10 Å². The summed E-state index contributed by atoms with van der Waals surface area (Å²) in [5.74, 6) is -0.261. The van der Waals surface area contributed by atoms with E-state index in [0.717, 1.165) is 11.3 Å². The Hall–Kier alpha value is -1.17. The van der Waals surface area contributed by atoms with E-state index in [1.165, 1.54) is 12.1 Å². The van der Waals surface area contributed by atoms with Gasteiger partial charge in [-0.1, -0.05) is 0 Å². The molecule has 1 unspecified atom stereocenters. The molecule has 0 heterocycles. The number of hydrogen-bond acceptors (Lipinski definition) is 4. The zero-order chi connectivity index (χ0) is 14.1. The normalized spacial score (nSPS) is 12.4. The van der Waals surface area contributed by atoms with Gasteiger partial charge < -0.3 is 19.9 Å². The molecule has 1 aromatic rings. The Labute approximate surface area is 113 Å². The van der Waals surface area contributed by atoms with Crippen LogP contribution in [0.4, 0.5) is 10.1 Å². The van der Waals surface area contributed by atoms with Crippen LogP contribution in [-0.2, 0) is 9.47 Å². The number of hydrogen-bond donors (Lipinski definition) is 2. The van der Waals surface area contributed by atoms with Crippen LogP contribution in [-0.4, -0.2) is 44.2 Å². The van der Waals surface area contributed by atoms with Crippen molar-refractivity contribution in [3.63, 3.8) is 0 Å². The Bertz CT molecular complexity index is 374. The number of benzene rings is 1. The molecule has 0 spiro atoms. The second-order valence-electron chi connectivity index (χ2n) is 4.27. The lowest BCUT2D eigenvalue weighted by molar-refractivity contribution is 0.0103. The van der Waals surface area contributed by atoms with Gasteiger partial charge in [0, 0.05) is 18.8 Å². The zero-order valence-corrected chi connectivity index (χ0v) is 11.5. The fourth-order valence-electron chi connectivity index (χ4n) is 1.59. The van der Waals surface area contributed by atoms with Crippen molar-refractivity contribution in [2.45, 2.75) is 20.0 Å². The highest BCUT2D eigenvalue weighted by Crippen LogP contribution is 2.15. The molecular formula is C14H22FNO3. The smallest absolute Gasteiger partial charge is 0.123 e. The maximum Gasteiger partial charge on any atom is 0.123 e. The lowest BCUT2D eigenvalue weighted by Crippen LogP contribution is -2.25. The maximum atomic E-state index is 12.9. The second-order valence-corrected chi connectivity index (χ2v) is 4.27. The summed E-state index contributed by atoms with van der Waals surface area (Å²) >= 11 is 0. The summed E-state index contributed by atoms with van der Waals surface area (Å²) in [5.41, 5.74) is 1.62. The van der Waals surface area contributed by atoms with Gasteiger partial charge >= 0.3 is 0 Å². The molecule has 108 valence electrons. The van der Waals surface area contributed by atoms with Crippen LogP contribution in [0.15, 0.2) is 18.2 Å². The van der Waals surface area contributed by atoms with Crippen LogP contribution < -0.4 is 5.32 Å². The fraction of sp³-hybridized carbons (Fsp3) is 0.571. The Morgan fingerprint density at radius 1 is 1.32 bits per heavy atom. The van der Waals surface area contributed by atoms with Gasteiger partial charge in [-0.2, -0.15) is 0 Å². The molecule has 5 heteroatoms. The molecule has 0 fully saturated rings. The van der Waals surface area contributed by atoms with E-state index in [9.17, 15) is 9.50 Å². The third-order valence-corrected chi connectivity index (χ3v) is 2.60. The predicted molar refractivity (Wildman–Crippen MR) is 72.9 cm³/mol. The van der Waals surface area contributed by atoms with Crippen LogP contribution in [0, 0.1) is 12.7 Å². The van der Waals surface area contributed by atoms with Crippen molar-refractivity contribution < 1.29 is 19.0 Å². The van der Waals surface area contributed by atoms with E-state index in [2.05, 4.69) is 5.32 Å². The minimum absolute atomic E-state index is 0.250. The molecule has 1 rings (SSSR count). The average Bonchev–Trinajstić information content (AvgIpc) is 2.37. The first-order valence-corrected chi connectivity index (χ1v) is 6.47. The van der Waals surface area contributed by atoms with Gasteiger partial charge in [0.1, 0.15) is 5.82 Å². The van der Waals surface area contributed by atoms with E-state index >= 15 is 0 Å². The fourth-order valence-corrected chi connectivity index (χ4v) is 1.59. The molecule has 0 saturated heterocycles. The SMILES string of the molecule is CCOCCOCC(O)CNc1ccc(F)cc1C. The van der Waals surface area contributed by atoms with Crippen LogP contribution in [0.25, 0.3) is 0 Å². The molecular weight excluding hydrogens is 249 g/mol. The third kappa shape index (κ3) is 6.52. The molecule has 19 heavy (non-hydrogen) atoms. The summed E-state index contributed by atoms with van der Waals surface area (Å²) in [6.45, 7) is 6.02. The Kier molecular flexibility index (Phi) is 7.40. The molecule has 0 aliphatic rings. The summed E-state index contributed by atoms with van der Waals surface area (Å²) in [6, 6.07) is 4.50. The first-order chi connectivity index (χ1) is 9.13. The maximum absolute atomic E-state index is 12.9. The topological polar surface area (TPSA) is 50.7 Å². The molecule has 0 saturated carbocycles. The monoisotopic (exact) mass is 271 g/mol. The molecule has 2 N–H and O–H groups in total. The molecule has 0 amide bonds. The predicted octanol–water partition coefficient (Wildman–Crippen LogP) is 1.96. The van der Waals surface area contributed by atoms with Gasteiger partial charge in [-0.3, -0.25) is 0 Å². The van der Waals surface area contributed by atoms with Crippen LogP contribution >= 0.6 is 0 Å². The standard InChI is InChI=1S/C14H22FNO3/c1-3-18-6-7-19-10-13(17)9-16-14-5-4-12(15)8-11(14)2/h4-5,8,13,16-17H,3,6-7,9-10H2,1-2H3. The number of aryl methyl sites for hydroxylation is 1. The Balaban J connectivity index is 2.20. The van der Waals surface area contributed by atoms with Gasteiger partial charge in [-0.25, -0.2) is 4.39 Å². The molecule has 0 aromatic heterocycles. The van der Waals surface area contributed by atoms with Crippen molar-refractivity contribution in [3.05, 3.63) is 29.6 Å². The number of aliphatic hydroxyl groups is 1. The summed E-state index contributed by atoms with van der Waals surface area (Å²) in [7, 11) is 0. The molecule has 0 aliphatic heterocycles. The van der Waals surface area contributed by atoms with Gasteiger partial charge in [-0.05, 0) is 37.6 Å². The number of rotatable bonds is 9. The van der Waals surface area contributed by atoms with Gasteiger partial charge in [-0.15, -0.1) is 0 Å². The summed E-state index contributed by atoms with van der Waals surface area (Å²) in [5, 5.41) is 12.8. The van der Waals surface area contributed by atoms with Gasteiger partial charge in [0.05, 0.1) is 25.9 Å². The number of anilines is 1. The Morgan fingerprint density at radius 3 is 2.74 bits per heavy atom. The molecule has 1 atom stereocenters. The first-order valence-electron chi connectivity index (χ1n) is 6.47. The molecule has 4 nitrogen and oxygen atoms in total. The third-order valence-electron chi connectivity index (χ3n) is 2.60. The number of nitrogens with one attached hydrogen (secondary N) is 1. The lowest BCUT2D eigenvalue weighted by Gasteiger charge is -2.14. The summed E-state index contributed by atoms with van der Waals surface area (Å²) in [6.07, 6.45) is -0.605. The number of aliphatic hydroxyl groups excluding tert-OH is 1. The van der Waals surface area contributed by atoms with Crippen LogP contribution in [0.2, 0.25) is 0 Å².